The summed E-state index contributed by atoms with van der Waals surface area (Å²) < 4.78 is 15.1. The van der Waals surface area contributed by atoms with Gasteiger partial charge in [-0.15, -0.1) is 0 Å². The lowest BCUT2D eigenvalue weighted by Crippen LogP contribution is -2.19. The van der Waals surface area contributed by atoms with Crippen LogP contribution < -0.4 is 10.2 Å². The molecule has 0 radical (unpaired) electrons. The van der Waals surface area contributed by atoms with Gasteiger partial charge in [-0.25, -0.2) is 14.4 Å². The zero-order valence-electron chi connectivity index (χ0n) is 16.8. The Morgan fingerprint density at radius 1 is 1.47 bits per heavy atom. The molecule has 1 aliphatic rings. The average molecular weight is 427 g/mol. The number of fused-ring (bicyclic) bond motifs is 1. The number of carbonyl (C=O) groups is 1. The zero-order chi connectivity index (χ0) is 21.6. The van der Waals surface area contributed by atoms with Crippen molar-refractivity contribution in [1.29, 1.82) is 5.26 Å². The summed E-state index contributed by atoms with van der Waals surface area (Å²) in [4.78, 5) is 23.1. The molecular weight excluding hydrogens is 407 g/mol. The SMILES string of the molecule is CCc1cc(C#N)c(Cl)cc1N(C)c1cc2c(ncn2C)c(NC(=O)[C@H]2C[C@H]2F)n1. The molecule has 0 bridgehead atoms. The van der Waals surface area contributed by atoms with Crippen LogP contribution in [0.4, 0.5) is 21.7 Å². The number of hydrogen-bond donors (Lipinski definition) is 1. The molecule has 4 rings (SSSR count). The van der Waals surface area contributed by atoms with Gasteiger partial charge >= 0.3 is 0 Å². The fraction of sp³-hybridized carbons (Fsp3) is 0.333. The van der Waals surface area contributed by atoms with Crippen LogP contribution >= 0.6 is 11.6 Å². The fourth-order valence-corrected chi connectivity index (χ4v) is 3.63. The first-order valence-corrected chi connectivity index (χ1v) is 9.95. The molecule has 0 spiro atoms. The third kappa shape index (κ3) is 3.46. The van der Waals surface area contributed by atoms with Crippen molar-refractivity contribution in [2.24, 2.45) is 13.0 Å². The van der Waals surface area contributed by atoms with E-state index in [0.717, 1.165) is 16.8 Å². The largest absolute Gasteiger partial charge is 0.334 e. The number of aromatic nitrogens is 3. The van der Waals surface area contributed by atoms with Crippen molar-refractivity contribution >= 4 is 45.9 Å². The lowest BCUT2D eigenvalue weighted by atomic mass is 10.1. The summed E-state index contributed by atoms with van der Waals surface area (Å²) >= 11 is 6.27. The summed E-state index contributed by atoms with van der Waals surface area (Å²) in [6, 6.07) is 7.47. The van der Waals surface area contributed by atoms with Gasteiger partial charge in [0, 0.05) is 25.8 Å². The molecule has 0 aliphatic heterocycles. The Balaban J connectivity index is 1.79. The number of aryl methyl sites for hydroxylation is 2. The number of hydrogen-bond acceptors (Lipinski definition) is 5. The first kappa shape index (κ1) is 20.1. The number of benzene rings is 1. The first-order valence-electron chi connectivity index (χ1n) is 9.57. The molecule has 1 amide bonds. The molecule has 9 heteroatoms. The van der Waals surface area contributed by atoms with Crippen molar-refractivity contribution in [3.05, 3.63) is 40.7 Å². The molecule has 1 fully saturated rings. The summed E-state index contributed by atoms with van der Waals surface area (Å²) in [5.41, 5.74) is 3.46. The molecule has 0 saturated heterocycles. The van der Waals surface area contributed by atoms with Crippen LogP contribution in [0.2, 0.25) is 5.02 Å². The highest BCUT2D eigenvalue weighted by molar-refractivity contribution is 6.32. The van der Waals surface area contributed by atoms with E-state index in [1.54, 1.807) is 18.5 Å². The van der Waals surface area contributed by atoms with E-state index in [1.165, 1.54) is 0 Å². The number of anilines is 3. The number of rotatable bonds is 5. The van der Waals surface area contributed by atoms with E-state index in [2.05, 4.69) is 21.4 Å². The highest BCUT2D eigenvalue weighted by Crippen LogP contribution is 2.37. The van der Waals surface area contributed by atoms with Crippen molar-refractivity contribution in [3.63, 3.8) is 0 Å². The standard InChI is InChI=1S/C21H20ClFN6O/c1-4-11-5-12(9-24)14(22)7-16(11)29(3)18-8-17-19(25-10-28(17)2)20(26-18)27-21(30)13-6-15(13)23/h5,7-8,10,13,15H,4,6H2,1-3H3,(H,26,27,30)/t13-,15+/m0/s1. The van der Waals surface area contributed by atoms with E-state index in [-0.39, 0.29) is 12.2 Å². The fourth-order valence-electron chi connectivity index (χ4n) is 3.43. The highest BCUT2D eigenvalue weighted by Gasteiger charge is 2.44. The van der Waals surface area contributed by atoms with E-state index >= 15 is 0 Å². The van der Waals surface area contributed by atoms with Gasteiger partial charge in [0.05, 0.1) is 28.3 Å². The topological polar surface area (TPSA) is 86.8 Å². The summed E-state index contributed by atoms with van der Waals surface area (Å²) in [6.07, 6.45) is 1.47. The monoisotopic (exact) mass is 426 g/mol. The van der Waals surface area contributed by atoms with E-state index in [9.17, 15) is 14.4 Å². The van der Waals surface area contributed by atoms with Crippen molar-refractivity contribution in [2.75, 3.05) is 17.3 Å². The predicted molar refractivity (Wildman–Crippen MR) is 114 cm³/mol. The third-order valence-corrected chi connectivity index (χ3v) is 5.68. The van der Waals surface area contributed by atoms with Crippen LogP contribution in [-0.4, -0.2) is 33.7 Å². The van der Waals surface area contributed by atoms with Gasteiger partial charge in [0.1, 0.15) is 23.6 Å². The van der Waals surface area contributed by atoms with Gasteiger partial charge in [-0.2, -0.15) is 5.26 Å². The lowest BCUT2D eigenvalue weighted by Gasteiger charge is -2.23. The van der Waals surface area contributed by atoms with Crippen LogP contribution in [0.1, 0.15) is 24.5 Å². The number of nitriles is 1. The van der Waals surface area contributed by atoms with E-state index in [0.29, 0.717) is 28.3 Å². The third-order valence-electron chi connectivity index (χ3n) is 5.36. The molecule has 2 aromatic heterocycles. The molecule has 30 heavy (non-hydrogen) atoms. The van der Waals surface area contributed by atoms with E-state index in [1.807, 2.05) is 36.6 Å². The Hall–Kier alpha value is -3.18. The molecule has 1 N–H and O–H groups in total. The Kier molecular flexibility index (Phi) is 5.08. The number of imidazole rings is 1. The molecule has 3 aromatic rings. The van der Waals surface area contributed by atoms with Crippen molar-refractivity contribution < 1.29 is 9.18 Å². The van der Waals surface area contributed by atoms with Gasteiger partial charge in [-0.05, 0) is 30.5 Å². The number of alkyl halides is 1. The second-order valence-corrected chi connectivity index (χ2v) is 7.79. The first-order chi connectivity index (χ1) is 14.3. The maximum Gasteiger partial charge on any atom is 0.231 e. The molecule has 7 nitrogen and oxygen atoms in total. The van der Waals surface area contributed by atoms with Crippen LogP contribution in [0.25, 0.3) is 11.0 Å². The minimum Gasteiger partial charge on any atom is -0.334 e. The van der Waals surface area contributed by atoms with Gasteiger partial charge in [0.15, 0.2) is 5.82 Å². The predicted octanol–water partition coefficient (Wildman–Crippen LogP) is 4.12. The minimum atomic E-state index is -1.09. The molecule has 0 unspecified atom stereocenters. The highest BCUT2D eigenvalue weighted by atomic mass is 35.5. The maximum atomic E-state index is 13.3. The molecule has 154 valence electrons. The molecular formula is C21H20ClFN6O. The molecule has 1 aliphatic carbocycles. The summed E-state index contributed by atoms with van der Waals surface area (Å²) in [5, 5.41) is 12.4. The number of carbonyl (C=O) groups excluding carboxylic acids is 1. The van der Waals surface area contributed by atoms with Crippen LogP contribution in [-0.2, 0) is 18.3 Å². The van der Waals surface area contributed by atoms with Crippen molar-refractivity contribution in [1.82, 2.24) is 14.5 Å². The molecule has 2 heterocycles. The van der Waals surface area contributed by atoms with Crippen LogP contribution in [0.3, 0.4) is 0 Å². The second kappa shape index (κ2) is 7.58. The minimum absolute atomic E-state index is 0.236. The van der Waals surface area contributed by atoms with E-state index < -0.39 is 18.0 Å². The van der Waals surface area contributed by atoms with Crippen LogP contribution in [0.5, 0.6) is 0 Å². The summed E-state index contributed by atoms with van der Waals surface area (Å²) in [6.45, 7) is 1.99. The Labute approximate surface area is 178 Å². The number of nitrogens with zero attached hydrogens (tertiary/aromatic N) is 5. The number of amides is 1. The second-order valence-electron chi connectivity index (χ2n) is 7.38. The normalized spacial score (nSPS) is 17.6. The smallest absolute Gasteiger partial charge is 0.231 e. The number of nitrogens with one attached hydrogen (secondary N) is 1. The van der Waals surface area contributed by atoms with E-state index in [4.69, 9.17) is 11.6 Å². The Morgan fingerprint density at radius 3 is 2.83 bits per heavy atom. The molecule has 2 atom stereocenters. The van der Waals surface area contributed by atoms with Crippen molar-refractivity contribution in [3.8, 4) is 6.07 Å². The van der Waals surface area contributed by atoms with Crippen LogP contribution in [0.15, 0.2) is 24.5 Å². The summed E-state index contributed by atoms with van der Waals surface area (Å²) in [5.74, 6) is -0.172. The lowest BCUT2D eigenvalue weighted by molar-refractivity contribution is -0.117. The van der Waals surface area contributed by atoms with Gasteiger partial charge in [0.25, 0.3) is 0 Å². The van der Waals surface area contributed by atoms with Crippen LogP contribution in [0, 0.1) is 17.2 Å². The summed E-state index contributed by atoms with van der Waals surface area (Å²) in [7, 11) is 3.69. The molecule has 1 saturated carbocycles. The average Bonchev–Trinajstić information content (AvgIpc) is 3.36. The quantitative estimate of drug-likeness (QED) is 0.663. The maximum absolute atomic E-state index is 13.3. The van der Waals surface area contributed by atoms with Crippen molar-refractivity contribution in [2.45, 2.75) is 25.9 Å². The van der Waals surface area contributed by atoms with Gasteiger partial charge in [-0.3, -0.25) is 4.79 Å². The zero-order valence-corrected chi connectivity index (χ0v) is 17.5. The van der Waals surface area contributed by atoms with Gasteiger partial charge in [-0.1, -0.05) is 18.5 Å². The van der Waals surface area contributed by atoms with Gasteiger partial charge in [0.2, 0.25) is 5.91 Å². The Morgan fingerprint density at radius 2 is 2.20 bits per heavy atom. The number of halogens is 2. The Bertz CT molecular complexity index is 1200. The number of pyridine rings is 1. The van der Waals surface area contributed by atoms with Gasteiger partial charge < -0.3 is 14.8 Å². The molecule has 1 aromatic carbocycles.